The molecule has 0 spiro atoms. The van der Waals surface area contributed by atoms with Crippen LogP contribution in [0.4, 0.5) is 27.9 Å². The highest BCUT2D eigenvalue weighted by molar-refractivity contribution is 5.99. The Labute approximate surface area is 161 Å². The van der Waals surface area contributed by atoms with Crippen LogP contribution in [-0.2, 0) is 0 Å². The number of urea groups is 1. The van der Waals surface area contributed by atoms with Gasteiger partial charge in [-0.3, -0.25) is 5.32 Å². The monoisotopic (exact) mass is 371 g/mol. The molecule has 8 heteroatoms. The first-order valence-electron chi connectivity index (χ1n) is 8.59. The Balaban J connectivity index is 1.44. The van der Waals surface area contributed by atoms with Crippen LogP contribution in [0.25, 0.3) is 11.4 Å². The van der Waals surface area contributed by atoms with Gasteiger partial charge >= 0.3 is 6.03 Å². The first kappa shape index (κ1) is 17.2. The number of hydrogen-bond acceptors (Lipinski definition) is 5. The second-order valence-electron chi connectivity index (χ2n) is 5.85. The predicted molar refractivity (Wildman–Crippen MR) is 108 cm³/mol. The van der Waals surface area contributed by atoms with Crippen molar-refractivity contribution in [3.05, 3.63) is 79.3 Å². The fraction of sp³-hybridized carbons (Fsp3) is 0. The van der Waals surface area contributed by atoms with Crippen molar-refractivity contribution in [2.45, 2.75) is 0 Å². The fourth-order valence-corrected chi connectivity index (χ4v) is 2.58. The van der Waals surface area contributed by atoms with Gasteiger partial charge in [-0.15, -0.1) is 0 Å². The SMILES string of the molecule is O=C(Nc1cccc(Nc2nccc(-c3ccc[nH]3)n2)c1)Nc1ccccn1. The fourth-order valence-electron chi connectivity index (χ4n) is 2.58. The second-order valence-corrected chi connectivity index (χ2v) is 5.85. The maximum atomic E-state index is 12.1. The maximum absolute atomic E-state index is 12.1. The number of carbonyl (C=O) groups is 1. The molecule has 2 amide bonds. The molecule has 0 saturated carbocycles. The number of aromatic amines is 1. The Morgan fingerprint density at radius 2 is 1.79 bits per heavy atom. The number of H-pyrrole nitrogens is 1. The second kappa shape index (κ2) is 8.00. The summed E-state index contributed by atoms with van der Waals surface area (Å²) in [6.45, 7) is 0. The Bertz CT molecular complexity index is 1060. The number of nitrogens with zero attached hydrogens (tertiary/aromatic N) is 3. The molecule has 0 aliphatic carbocycles. The van der Waals surface area contributed by atoms with Crippen molar-refractivity contribution in [3.63, 3.8) is 0 Å². The van der Waals surface area contributed by atoms with E-state index in [0.717, 1.165) is 17.1 Å². The summed E-state index contributed by atoms with van der Waals surface area (Å²) >= 11 is 0. The molecule has 4 aromatic rings. The average Bonchev–Trinajstić information content (AvgIpc) is 3.24. The summed E-state index contributed by atoms with van der Waals surface area (Å²) in [5.41, 5.74) is 3.07. The number of pyridine rings is 1. The quantitative estimate of drug-likeness (QED) is 0.419. The van der Waals surface area contributed by atoms with E-state index in [1.54, 1.807) is 42.7 Å². The molecule has 4 rings (SSSR count). The maximum Gasteiger partial charge on any atom is 0.324 e. The number of amides is 2. The zero-order chi connectivity index (χ0) is 19.2. The molecule has 3 aromatic heterocycles. The van der Waals surface area contributed by atoms with Gasteiger partial charge in [0.15, 0.2) is 0 Å². The number of nitrogens with one attached hydrogen (secondary N) is 4. The Morgan fingerprint density at radius 1 is 0.857 bits per heavy atom. The molecule has 0 aliphatic rings. The molecular weight excluding hydrogens is 354 g/mol. The lowest BCUT2D eigenvalue weighted by Crippen LogP contribution is -2.20. The molecule has 3 heterocycles. The van der Waals surface area contributed by atoms with Crippen LogP contribution in [-0.4, -0.2) is 26.0 Å². The Hall–Kier alpha value is -4.20. The van der Waals surface area contributed by atoms with E-state index < -0.39 is 0 Å². The number of rotatable bonds is 5. The lowest BCUT2D eigenvalue weighted by molar-refractivity contribution is 0.262. The van der Waals surface area contributed by atoms with E-state index in [9.17, 15) is 4.79 Å². The van der Waals surface area contributed by atoms with Crippen LogP contribution >= 0.6 is 0 Å². The molecule has 138 valence electrons. The van der Waals surface area contributed by atoms with E-state index in [1.165, 1.54) is 0 Å². The van der Waals surface area contributed by atoms with E-state index in [-0.39, 0.29) is 6.03 Å². The normalized spacial score (nSPS) is 10.3. The molecule has 8 nitrogen and oxygen atoms in total. The Morgan fingerprint density at radius 3 is 2.61 bits per heavy atom. The number of hydrogen-bond donors (Lipinski definition) is 4. The van der Waals surface area contributed by atoms with Crippen molar-refractivity contribution >= 4 is 29.2 Å². The highest BCUT2D eigenvalue weighted by Crippen LogP contribution is 2.20. The first-order chi connectivity index (χ1) is 13.8. The molecular formula is C20H17N7O. The van der Waals surface area contributed by atoms with Crippen LogP contribution in [0.15, 0.2) is 79.3 Å². The van der Waals surface area contributed by atoms with Gasteiger partial charge in [0.05, 0.1) is 11.4 Å². The highest BCUT2D eigenvalue weighted by Gasteiger charge is 2.06. The smallest absolute Gasteiger partial charge is 0.324 e. The van der Waals surface area contributed by atoms with Gasteiger partial charge in [-0.2, -0.15) is 0 Å². The van der Waals surface area contributed by atoms with Gasteiger partial charge in [0, 0.05) is 30.0 Å². The summed E-state index contributed by atoms with van der Waals surface area (Å²) in [6, 6.07) is 17.9. The van der Waals surface area contributed by atoms with E-state index >= 15 is 0 Å². The zero-order valence-electron chi connectivity index (χ0n) is 14.8. The molecule has 0 saturated heterocycles. The highest BCUT2D eigenvalue weighted by atomic mass is 16.2. The molecule has 0 bridgehead atoms. The molecule has 0 atom stereocenters. The van der Waals surface area contributed by atoms with Crippen molar-refractivity contribution < 1.29 is 4.79 Å². The molecule has 1 aromatic carbocycles. The number of anilines is 4. The van der Waals surface area contributed by atoms with Crippen LogP contribution in [0.3, 0.4) is 0 Å². The number of carbonyl (C=O) groups excluding carboxylic acids is 1. The van der Waals surface area contributed by atoms with Gasteiger partial charge in [-0.25, -0.2) is 19.7 Å². The van der Waals surface area contributed by atoms with Gasteiger partial charge in [0.2, 0.25) is 5.95 Å². The zero-order valence-corrected chi connectivity index (χ0v) is 14.8. The predicted octanol–water partition coefficient (Wildman–Crippen LogP) is 4.25. The van der Waals surface area contributed by atoms with Crippen molar-refractivity contribution in [1.82, 2.24) is 19.9 Å². The number of benzene rings is 1. The van der Waals surface area contributed by atoms with Gasteiger partial charge < -0.3 is 15.6 Å². The molecule has 0 radical (unpaired) electrons. The van der Waals surface area contributed by atoms with Gasteiger partial charge in [-0.05, 0) is 48.5 Å². The van der Waals surface area contributed by atoms with Gasteiger partial charge in [0.25, 0.3) is 0 Å². The summed E-state index contributed by atoms with van der Waals surface area (Å²) < 4.78 is 0. The molecule has 0 fully saturated rings. The summed E-state index contributed by atoms with van der Waals surface area (Å²) in [6.07, 6.45) is 5.14. The lowest BCUT2D eigenvalue weighted by Gasteiger charge is -2.10. The standard InChI is InChI=1S/C20H17N7O/c28-20(27-18-8-1-2-10-22-18)25-15-6-3-5-14(13-15)24-19-23-12-9-17(26-19)16-7-4-11-21-16/h1-13,21H,(H,23,24,26)(H2,22,25,27,28). The van der Waals surface area contributed by atoms with E-state index in [2.05, 4.69) is 35.9 Å². The summed E-state index contributed by atoms with van der Waals surface area (Å²) in [7, 11) is 0. The van der Waals surface area contributed by atoms with Crippen LogP contribution in [0.5, 0.6) is 0 Å². The molecule has 0 aliphatic heterocycles. The summed E-state index contributed by atoms with van der Waals surface area (Å²) in [5, 5.41) is 8.60. The first-order valence-corrected chi connectivity index (χ1v) is 8.59. The minimum atomic E-state index is -0.374. The third kappa shape index (κ3) is 4.31. The van der Waals surface area contributed by atoms with Gasteiger partial charge in [-0.1, -0.05) is 12.1 Å². The van der Waals surface area contributed by atoms with Crippen molar-refractivity contribution in [2.24, 2.45) is 0 Å². The minimum absolute atomic E-state index is 0.374. The third-order valence-corrected chi connectivity index (χ3v) is 3.81. The van der Waals surface area contributed by atoms with Crippen LogP contribution in [0.2, 0.25) is 0 Å². The van der Waals surface area contributed by atoms with Crippen LogP contribution in [0, 0.1) is 0 Å². The third-order valence-electron chi connectivity index (χ3n) is 3.81. The topological polar surface area (TPSA) is 108 Å². The van der Waals surface area contributed by atoms with Crippen molar-refractivity contribution in [2.75, 3.05) is 16.0 Å². The Kier molecular flexibility index (Phi) is 4.92. The van der Waals surface area contributed by atoms with Crippen molar-refractivity contribution in [3.8, 4) is 11.4 Å². The number of aromatic nitrogens is 4. The minimum Gasteiger partial charge on any atom is -0.360 e. The largest absolute Gasteiger partial charge is 0.360 e. The average molecular weight is 371 g/mol. The molecule has 0 unspecified atom stereocenters. The lowest BCUT2D eigenvalue weighted by atomic mass is 10.2. The van der Waals surface area contributed by atoms with Crippen LogP contribution in [0.1, 0.15) is 0 Å². The van der Waals surface area contributed by atoms with Crippen molar-refractivity contribution in [1.29, 1.82) is 0 Å². The van der Waals surface area contributed by atoms with E-state index in [4.69, 9.17) is 0 Å². The van der Waals surface area contributed by atoms with E-state index in [0.29, 0.717) is 17.5 Å². The van der Waals surface area contributed by atoms with Crippen LogP contribution < -0.4 is 16.0 Å². The van der Waals surface area contributed by atoms with Gasteiger partial charge in [0.1, 0.15) is 5.82 Å². The molecule has 28 heavy (non-hydrogen) atoms. The summed E-state index contributed by atoms with van der Waals surface area (Å²) in [5.74, 6) is 0.936. The van der Waals surface area contributed by atoms with E-state index in [1.807, 2.05) is 36.5 Å². The summed E-state index contributed by atoms with van der Waals surface area (Å²) in [4.78, 5) is 28.0. The molecule has 4 N–H and O–H groups in total.